The van der Waals surface area contributed by atoms with Gasteiger partial charge in [0.1, 0.15) is 5.75 Å². The Balaban J connectivity index is 2.00. The second-order valence-electron chi connectivity index (χ2n) is 5.19. The van der Waals surface area contributed by atoms with E-state index in [0.717, 1.165) is 6.54 Å². The van der Waals surface area contributed by atoms with Crippen molar-refractivity contribution < 1.29 is 5.11 Å². The van der Waals surface area contributed by atoms with Crippen LogP contribution in [-0.4, -0.2) is 5.11 Å². The Labute approximate surface area is 115 Å². The fourth-order valence-electron chi connectivity index (χ4n) is 2.26. The summed E-state index contributed by atoms with van der Waals surface area (Å²) in [6.07, 6.45) is 0. The monoisotopic (exact) mass is 255 g/mol. The van der Waals surface area contributed by atoms with Crippen molar-refractivity contribution >= 4 is 0 Å². The van der Waals surface area contributed by atoms with Crippen LogP contribution in [0.5, 0.6) is 5.75 Å². The van der Waals surface area contributed by atoms with Gasteiger partial charge < -0.3 is 10.4 Å². The number of aromatic hydroxyl groups is 1. The number of phenols is 1. The lowest BCUT2D eigenvalue weighted by molar-refractivity contribution is 0.474. The Morgan fingerprint density at radius 1 is 1.00 bits per heavy atom. The number of aryl methyl sites for hydroxylation is 2. The number of rotatable bonds is 4. The second-order valence-corrected chi connectivity index (χ2v) is 5.19. The van der Waals surface area contributed by atoms with Gasteiger partial charge in [-0.1, -0.05) is 41.5 Å². The molecule has 0 saturated carbocycles. The molecule has 2 nitrogen and oxygen atoms in total. The van der Waals surface area contributed by atoms with E-state index in [0.29, 0.717) is 11.8 Å². The van der Waals surface area contributed by atoms with E-state index in [-0.39, 0.29) is 0 Å². The first-order chi connectivity index (χ1) is 9.04. The highest BCUT2D eigenvalue weighted by Crippen LogP contribution is 2.17. The summed E-state index contributed by atoms with van der Waals surface area (Å²) in [5, 5.41) is 12.8. The van der Waals surface area contributed by atoms with Gasteiger partial charge in [-0.2, -0.15) is 0 Å². The number of nitrogens with one attached hydrogen (secondary N) is 1. The Kier molecular flexibility index (Phi) is 4.23. The first-order valence-corrected chi connectivity index (χ1v) is 6.64. The third kappa shape index (κ3) is 3.83. The summed E-state index contributed by atoms with van der Waals surface area (Å²) in [6, 6.07) is 14.3. The molecule has 19 heavy (non-hydrogen) atoms. The maximum absolute atomic E-state index is 9.25. The van der Waals surface area contributed by atoms with Crippen LogP contribution in [0.3, 0.4) is 0 Å². The predicted molar refractivity (Wildman–Crippen MR) is 79.3 cm³/mol. The third-order valence-corrected chi connectivity index (χ3v) is 3.29. The van der Waals surface area contributed by atoms with E-state index >= 15 is 0 Å². The van der Waals surface area contributed by atoms with Gasteiger partial charge in [-0.25, -0.2) is 0 Å². The topological polar surface area (TPSA) is 32.3 Å². The Bertz CT molecular complexity index is 525. The molecule has 0 heterocycles. The first kappa shape index (κ1) is 13.6. The van der Waals surface area contributed by atoms with E-state index in [4.69, 9.17) is 0 Å². The normalized spacial score (nSPS) is 12.4. The quantitative estimate of drug-likeness (QED) is 0.869. The minimum Gasteiger partial charge on any atom is -0.508 e. The molecular weight excluding hydrogens is 234 g/mol. The molecule has 0 saturated heterocycles. The molecule has 0 bridgehead atoms. The second kappa shape index (κ2) is 5.89. The van der Waals surface area contributed by atoms with Crippen LogP contribution in [-0.2, 0) is 6.54 Å². The molecule has 0 aliphatic heterocycles. The van der Waals surface area contributed by atoms with Crippen LogP contribution in [0.25, 0.3) is 0 Å². The SMILES string of the molecule is Cc1cc(C)cc(C(C)NCc2ccc(O)cc2)c1. The van der Waals surface area contributed by atoms with Crippen LogP contribution in [0.2, 0.25) is 0 Å². The molecule has 0 amide bonds. The first-order valence-electron chi connectivity index (χ1n) is 6.64. The molecule has 1 unspecified atom stereocenters. The smallest absolute Gasteiger partial charge is 0.115 e. The average molecular weight is 255 g/mol. The highest BCUT2D eigenvalue weighted by molar-refractivity contribution is 5.31. The number of benzene rings is 2. The van der Waals surface area contributed by atoms with Gasteiger partial charge >= 0.3 is 0 Å². The Morgan fingerprint density at radius 3 is 2.16 bits per heavy atom. The summed E-state index contributed by atoms with van der Waals surface area (Å²) in [5.41, 5.74) is 5.09. The van der Waals surface area contributed by atoms with Crippen LogP contribution in [0.15, 0.2) is 42.5 Å². The summed E-state index contributed by atoms with van der Waals surface area (Å²) in [5.74, 6) is 0.311. The lowest BCUT2D eigenvalue weighted by Crippen LogP contribution is -2.18. The van der Waals surface area contributed by atoms with Gasteiger partial charge in [-0.05, 0) is 44.0 Å². The molecule has 2 aromatic rings. The number of phenolic OH excluding ortho intramolecular Hbond substituents is 1. The minimum atomic E-state index is 0.311. The van der Waals surface area contributed by atoms with Gasteiger partial charge in [-0.15, -0.1) is 0 Å². The Morgan fingerprint density at radius 2 is 1.58 bits per heavy atom. The number of hydrogen-bond acceptors (Lipinski definition) is 2. The minimum absolute atomic E-state index is 0.311. The molecule has 100 valence electrons. The molecule has 0 radical (unpaired) electrons. The van der Waals surface area contributed by atoms with Gasteiger partial charge in [-0.3, -0.25) is 0 Å². The van der Waals surface area contributed by atoms with Crippen LogP contribution in [0.1, 0.15) is 35.2 Å². The van der Waals surface area contributed by atoms with E-state index in [1.165, 1.54) is 22.3 Å². The molecule has 2 rings (SSSR count). The lowest BCUT2D eigenvalue weighted by atomic mass is 10.0. The van der Waals surface area contributed by atoms with Crippen LogP contribution in [0.4, 0.5) is 0 Å². The van der Waals surface area contributed by atoms with Gasteiger partial charge in [0.05, 0.1) is 0 Å². The fourth-order valence-corrected chi connectivity index (χ4v) is 2.26. The Hall–Kier alpha value is -1.80. The summed E-state index contributed by atoms with van der Waals surface area (Å²) in [4.78, 5) is 0. The zero-order valence-corrected chi connectivity index (χ0v) is 11.8. The molecule has 2 N–H and O–H groups in total. The molecule has 0 aromatic heterocycles. The lowest BCUT2D eigenvalue weighted by Gasteiger charge is -2.16. The zero-order valence-electron chi connectivity index (χ0n) is 11.8. The van der Waals surface area contributed by atoms with Crippen LogP contribution >= 0.6 is 0 Å². The molecule has 2 heteroatoms. The van der Waals surface area contributed by atoms with Crippen molar-refractivity contribution in [2.45, 2.75) is 33.4 Å². The summed E-state index contributed by atoms with van der Waals surface area (Å²) in [6.45, 7) is 7.23. The van der Waals surface area contributed by atoms with Gasteiger partial charge in [0.25, 0.3) is 0 Å². The summed E-state index contributed by atoms with van der Waals surface area (Å²) >= 11 is 0. The van der Waals surface area contributed by atoms with Gasteiger partial charge in [0, 0.05) is 12.6 Å². The van der Waals surface area contributed by atoms with E-state index in [9.17, 15) is 5.11 Å². The molecule has 1 atom stereocenters. The summed E-state index contributed by atoms with van der Waals surface area (Å²) < 4.78 is 0. The van der Waals surface area contributed by atoms with Crippen LogP contribution in [0, 0.1) is 13.8 Å². The molecule has 2 aromatic carbocycles. The van der Waals surface area contributed by atoms with Crippen molar-refractivity contribution in [3.05, 3.63) is 64.7 Å². The third-order valence-electron chi connectivity index (χ3n) is 3.29. The zero-order chi connectivity index (χ0) is 13.8. The van der Waals surface area contributed by atoms with Crippen molar-refractivity contribution in [3.63, 3.8) is 0 Å². The van der Waals surface area contributed by atoms with E-state index < -0.39 is 0 Å². The largest absolute Gasteiger partial charge is 0.508 e. The van der Waals surface area contributed by atoms with Crippen molar-refractivity contribution in [1.82, 2.24) is 5.32 Å². The molecule has 0 fully saturated rings. The molecule has 0 aliphatic carbocycles. The van der Waals surface area contributed by atoms with Gasteiger partial charge in [0.2, 0.25) is 0 Å². The number of hydrogen-bond donors (Lipinski definition) is 2. The maximum Gasteiger partial charge on any atom is 0.115 e. The van der Waals surface area contributed by atoms with Gasteiger partial charge in [0.15, 0.2) is 0 Å². The average Bonchev–Trinajstić information content (AvgIpc) is 2.36. The van der Waals surface area contributed by atoms with Crippen LogP contribution < -0.4 is 5.32 Å². The van der Waals surface area contributed by atoms with E-state index in [1.807, 2.05) is 12.1 Å². The predicted octanol–water partition coefficient (Wildman–Crippen LogP) is 3.86. The maximum atomic E-state index is 9.25. The molecular formula is C17H21NO. The molecule has 0 aliphatic rings. The highest BCUT2D eigenvalue weighted by atomic mass is 16.3. The standard InChI is InChI=1S/C17H21NO/c1-12-8-13(2)10-16(9-12)14(3)18-11-15-4-6-17(19)7-5-15/h4-10,14,18-19H,11H2,1-3H3. The van der Waals surface area contributed by atoms with Crippen molar-refractivity contribution in [2.24, 2.45) is 0 Å². The van der Waals surface area contributed by atoms with E-state index in [2.05, 4.69) is 44.3 Å². The van der Waals surface area contributed by atoms with Crippen molar-refractivity contribution in [3.8, 4) is 5.75 Å². The highest BCUT2D eigenvalue weighted by Gasteiger charge is 2.06. The summed E-state index contributed by atoms with van der Waals surface area (Å²) in [7, 11) is 0. The fraction of sp³-hybridized carbons (Fsp3) is 0.294. The molecule has 0 spiro atoms. The van der Waals surface area contributed by atoms with Crippen molar-refractivity contribution in [1.29, 1.82) is 0 Å². The van der Waals surface area contributed by atoms with E-state index in [1.54, 1.807) is 12.1 Å². The van der Waals surface area contributed by atoms with Crippen molar-refractivity contribution in [2.75, 3.05) is 0 Å².